The first-order valence-corrected chi connectivity index (χ1v) is 10.3. The van der Waals surface area contributed by atoms with E-state index >= 15 is 0 Å². The number of benzene rings is 2. The summed E-state index contributed by atoms with van der Waals surface area (Å²) < 4.78 is 62.1. The summed E-state index contributed by atoms with van der Waals surface area (Å²) in [6, 6.07) is 6.11. The molecule has 1 aliphatic carbocycles. The smallest absolute Gasteiger partial charge is 0.166 e. The molecule has 2 aliphatic rings. The lowest BCUT2D eigenvalue weighted by molar-refractivity contribution is 0.192. The van der Waals surface area contributed by atoms with Crippen LogP contribution < -0.4 is 0 Å². The quantitative estimate of drug-likeness (QED) is 0.451. The molecule has 1 N–H and O–H groups in total. The van der Waals surface area contributed by atoms with Gasteiger partial charge in [-0.15, -0.1) is 0 Å². The number of ether oxygens (including phenoxy) is 1. The third-order valence-electron chi connectivity index (χ3n) is 6.17. The molecule has 1 saturated heterocycles. The van der Waals surface area contributed by atoms with Gasteiger partial charge in [-0.2, -0.15) is 0 Å². The summed E-state index contributed by atoms with van der Waals surface area (Å²) in [4.78, 5) is 0. The molecule has 30 heavy (non-hydrogen) atoms. The molecule has 6 heteroatoms. The van der Waals surface area contributed by atoms with E-state index in [1.807, 2.05) is 6.08 Å². The minimum atomic E-state index is -1.08. The number of hydrogen-bond donors (Lipinski definition) is 1. The normalized spacial score (nSPS) is 24.9. The fraction of sp³-hybridized carbons (Fsp3) is 0.417. The fourth-order valence-corrected chi connectivity index (χ4v) is 4.26. The number of rotatable bonds is 5. The molecule has 0 amide bonds. The summed E-state index contributed by atoms with van der Waals surface area (Å²) in [6.07, 6.45) is 4.90. The molecule has 2 aromatic rings. The van der Waals surface area contributed by atoms with Crippen molar-refractivity contribution in [1.82, 2.24) is 0 Å². The highest BCUT2D eigenvalue weighted by Gasteiger charge is 2.32. The van der Waals surface area contributed by atoms with E-state index in [-0.39, 0.29) is 34.6 Å². The standard InChI is InChI=1S/C24H24F4O2/c1-13(29)17-9-8-16(21(25)22(17)26)7-4-14-2-5-15(6-3-14)18-10-11-19(20-12-30-20)24(28)23(18)27/h4,7-11,13-15,20,29H,2-3,5-6,12H2,1H3/b7-4+. The van der Waals surface area contributed by atoms with Crippen LogP contribution >= 0.6 is 0 Å². The number of epoxide rings is 1. The third kappa shape index (κ3) is 4.16. The van der Waals surface area contributed by atoms with Crippen LogP contribution in [0.25, 0.3) is 6.08 Å². The summed E-state index contributed by atoms with van der Waals surface area (Å²) in [5.74, 6) is -3.50. The Morgan fingerprint density at radius 3 is 2.17 bits per heavy atom. The van der Waals surface area contributed by atoms with E-state index in [4.69, 9.17) is 4.74 Å². The van der Waals surface area contributed by atoms with Gasteiger partial charge in [0.15, 0.2) is 23.3 Å². The zero-order valence-corrected chi connectivity index (χ0v) is 16.7. The second-order valence-corrected chi connectivity index (χ2v) is 8.21. The van der Waals surface area contributed by atoms with E-state index in [0.717, 1.165) is 12.8 Å². The van der Waals surface area contributed by atoms with Crippen molar-refractivity contribution in [2.24, 2.45) is 5.92 Å². The van der Waals surface area contributed by atoms with Gasteiger partial charge in [-0.3, -0.25) is 0 Å². The van der Waals surface area contributed by atoms with E-state index in [1.54, 1.807) is 18.2 Å². The van der Waals surface area contributed by atoms with Crippen LogP contribution in [0.5, 0.6) is 0 Å². The van der Waals surface area contributed by atoms with E-state index in [9.17, 15) is 22.7 Å². The molecule has 2 nitrogen and oxygen atoms in total. The van der Waals surface area contributed by atoms with Crippen LogP contribution in [0, 0.1) is 29.2 Å². The fourth-order valence-electron chi connectivity index (χ4n) is 4.26. The van der Waals surface area contributed by atoms with Gasteiger partial charge in [0.05, 0.1) is 12.7 Å². The predicted octanol–water partition coefficient (Wildman–Crippen LogP) is 6.35. The maximum atomic E-state index is 14.5. The highest BCUT2D eigenvalue weighted by molar-refractivity contribution is 5.51. The Hall–Kier alpha value is -2.18. The topological polar surface area (TPSA) is 32.8 Å². The molecule has 2 fully saturated rings. The Bertz CT molecular complexity index is 958. The maximum absolute atomic E-state index is 14.5. The van der Waals surface area contributed by atoms with Crippen molar-refractivity contribution in [2.45, 2.75) is 50.7 Å². The first-order valence-electron chi connectivity index (χ1n) is 10.3. The second-order valence-electron chi connectivity index (χ2n) is 8.21. The van der Waals surface area contributed by atoms with Crippen molar-refractivity contribution in [1.29, 1.82) is 0 Å². The van der Waals surface area contributed by atoms with Gasteiger partial charge in [0, 0.05) is 16.7 Å². The van der Waals surface area contributed by atoms with Crippen LogP contribution in [-0.4, -0.2) is 11.7 Å². The number of halogens is 4. The van der Waals surface area contributed by atoms with Gasteiger partial charge in [-0.1, -0.05) is 36.4 Å². The Labute approximate surface area is 173 Å². The summed E-state index contributed by atoms with van der Waals surface area (Å²) in [7, 11) is 0. The molecule has 4 rings (SSSR count). The largest absolute Gasteiger partial charge is 0.389 e. The van der Waals surface area contributed by atoms with E-state index in [2.05, 4.69) is 0 Å². The molecule has 2 unspecified atom stereocenters. The van der Waals surface area contributed by atoms with Gasteiger partial charge in [0.1, 0.15) is 6.10 Å². The molecule has 0 radical (unpaired) electrons. The zero-order chi connectivity index (χ0) is 21.4. The van der Waals surface area contributed by atoms with Gasteiger partial charge in [-0.05, 0) is 50.0 Å². The predicted molar refractivity (Wildman–Crippen MR) is 106 cm³/mol. The first-order chi connectivity index (χ1) is 14.4. The molecule has 1 heterocycles. The second kappa shape index (κ2) is 8.52. The summed E-state index contributed by atoms with van der Waals surface area (Å²) >= 11 is 0. The van der Waals surface area contributed by atoms with Crippen molar-refractivity contribution in [3.8, 4) is 0 Å². The van der Waals surface area contributed by atoms with Crippen LogP contribution in [0.1, 0.15) is 73.0 Å². The molecule has 2 atom stereocenters. The lowest BCUT2D eigenvalue weighted by Crippen LogP contribution is -2.14. The molecular weight excluding hydrogens is 396 g/mol. The van der Waals surface area contributed by atoms with Crippen LogP contribution in [0.3, 0.4) is 0 Å². The van der Waals surface area contributed by atoms with Crippen LogP contribution in [0.15, 0.2) is 30.3 Å². The average Bonchev–Trinajstić information content (AvgIpc) is 3.56. The molecule has 1 aliphatic heterocycles. The minimum Gasteiger partial charge on any atom is -0.389 e. The monoisotopic (exact) mass is 420 g/mol. The van der Waals surface area contributed by atoms with Crippen LogP contribution in [-0.2, 0) is 4.74 Å². The Kier molecular flexibility index (Phi) is 5.98. The Balaban J connectivity index is 1.41. The summed E-state index contributed by atoms with van der Waals surface area (Å²) in [6.45, 7) is 1.81. The van der Waals surface area contributed by atoms with Gasteiger partial charge in [0.2, 0.25) is 0 Å². The van der Waals surface area contributed by atoms with Crippen molar-refractivity contribution in [3.05, 3.63) is 75.9 Å². The SMILES string of the molecule is CC(O)c1ccc(/C=C/C2CCC(c3ccc(C4CO4)c(F)c3F)CC2)c(F)c1F. The average molecular weight is 420 g/mol. The molecule has 0 spiro atoms. The zero-order valence-electron chi connectivity index (χ0n) is 16.7. The molecule has 160 valence electrons. The van der Waals surface area contributed by atoms with Gasteiger partial charge in [0.25, 0.3) is 0 Å². The van der Waals surface area contributed by atoms with Crippen molar-refractivity contribution in [2.75, 3.05) is 6.61 Å². The number of aliphatic hydroxyl groups excluding tert-OH is 1. The highest BCUT2D eigenvalue weighted by Crippen LogP contribution is 2.40. The Morgan fingerprint density at radius 1 is 0.900 bits per heavy atom. The van der Waals surface area contributed by atoms with E-state index in [0.29, 0.717) is 25.0 Å². The van der Waals surface area contributed by atoms with Crippen molar-refractivity contribution < 1.29 is 27.4 Å². The van der Waals surface area contributed by atoms with Gasteiger partial charge in [-0.25, -0.2) is 17.6 Å². The van der Waals surface area contributed by atoms with Crippen LogP contribution in [0.4, 0.5) is 17.6 Å². The number of aliphatic hydroxyl groups is 1. The van der Waals surface area contributed by atoms with Crippen molar-refractivity contribution >= 4 is 6.08 Å². The minimum absolute atomic E-state index is 0.0576. The Morgan fingerprint density at radius 2 is 1.53 bits per heavy atom. The molecular formula is C24H24F4O2. The number of allylic oxidation sites excluding steroid dienone is 1. The van der Waals surface area contributed by atoms with E-state index in [1.165, 1.54) is 19.1 Å². The number of hydrogen-bond acceptors (Lipinski definition) is 2. The highest BCUT2D eigenvalue weighted by atomic mass is 19.2. The molecule has 0 aromatic heterocycles. The third-order valence-corrected chi connectivity index (χ3v) is 6.17. The summed E-state index contributed by atoms with van der Waals surface area (Å²) in [5.41, 5.74) is 0.744. The lowest BCUT2D eigenvalue weighted by Gasteiger charge is -2.27. The van der Waals surface area contributed by atoms with Gasteiger partial charge >= 0.3 is 0 Å². The molecule has 1 saturated carbocycles. The van der Waals surface area contributed by atoms with Crippen LogP contribution in [0.2, 0.25) is 0 Å². The van der Waals surface area contributed by atoms with E-state index < -0.39 is 29.4 Å². The lowest BCUT2D eigenvalue weighted by atomic mass is 9.78. The molecule has 2 aromatic carbocycles. The van der Waals surface area contributed by atoms with Gasteiger partial charge < -0.3 is 9.84 Å². The van der Waals surface area contributed by atoms with Crippen molar-refractivity contribution in [3.63, 3.8) is 0 Å². The summed E-state index contributed by atoms with van der Waals surface area (Å²) in [5, 5.41) is 9.47. The maximum Gasteiger partial charge on any atom is 0.166 e. The molecule has 0 bridgehead atoms. The first kappa shape index (κ1) is 21.1.